The largest absolute Gasteiger partial charge is 0.350 e. The van der Waals surface area contributed by atoms with Gasteiger partial charge in [-0.25, -0.2) is 0 Å². The number of rotatable bonds is 5. The van der Waals surface area contributed by atoms with Gasteiger partial charge in [-0.3, -0.25) is 9.59 Å². The third kappa shape index (κ3) is 3.57. The van der Waals surface area contributed by atoms with Gasteiger partial charge in [-0.2, -0.15) is 0 Å². The number of carbonyl (C=O) groups is 1. The number of carbonyl (C=O) groups excluding carboxylic acids is 1. The van der Waals surface area contributed by atoms with E-state index in [4.69, 9.17) is 0 Å². The molecule has 0 spiro atoms. The van der Waals surface area contributed by atoms with Crippen LogP contribution in [0.25, 0.3) is 10.9 Å². The predicted molar refractivity (Wildman–Crippen MR) is 98.5 cm³/mol. The van der Waals surface area contributed by atoms with Gasteiger partial charge in [0.05, 0.1) is 6.04 Å². The van der Waals surface area contributed by atoms with Crippen LogP contribution in [0.1, 0.15) is 41.7 Å². The summed E-state index contributed by atoms with van der Waals surface area (Å²) in [7, 11) is 0. The smallest absolute Gasteiger partial charge is 0.268 e. The molecule has 4 nitrogen and oxygen atoms in total. The minimum atomic E-state index is -0.253. The van der Waals surface area contributed by atoms with Gasteiger partial charge in [0, 0.05) is 21.8 Å². The highest BCUT2D eigenvalue weighted by molar-refractivity contribution is 7.10. The SMILES string of the molecule is CC(C)C[C@H](NC(=O)c1cc(=O)c2ccccc2[nH]1)c1cccs1. The van der Waals surface area contributed by atoms with E-state index in [1.54, 1.807) is 23.5 Å². The second kappa shape index (κ2) is 7.01. The summed E-state index contributed by atoms with van der Waals surface area (Å²) in [6.07, 6.45) is 0.851. The lowest BCUT2D eigenvalue weighted by Crippen LogP contribution is -2.30. The minimum absolute atomic E-state index is 0.0486. The average Bonchev–Trinajstić information content (AvgIpc) is 3.08. The molecule has 0 saturated carbocycles. The number of nitrogens with one attached hydrogen (secondary N) is 2. The molecule has 5 heteroatoms. The number of amides is 1. The molecule has 124 valence electrons. The molecule has 3 aromatic rings. The third-order valence-electron chi connectivity index (χ3n) is 3.88. The van der Waals surface area contributed by atoms with Crippen LogP contribution in [0.15, 0.2) is 52.6 Å². The molecule has 2 aromatic heterocycles. The van der Waals surface area contributed by atoms with Crippen LogP contribution in [0.3, 0.4) is 0 Å². The normalized spacial score (nSPS) is 12.5. The van der Waals surface area contributed by atoms with Gasteiger partial charge in [-0.15, -0.1) is 11.3 Å². The summed E-state index contributed by atoms with van der Waals surface area (Å²) in [4.78, 5) is 29.0. The van der Waals surface area contributed by atoms with Crippen LogP contribution in [0.4, 0.5) is 0 Å². The third-order valence-corrected chi connectivity index (χ3v) is 4.87. The topological polar surface area (TPSA) is 62.0 Å². The zero-order valence-corrected chi connectivity index (χ0v) is 14.5. The van der Waals surface area contributed by atoms with Crippen molar-refractivity contribution < 1.29 is 4.79 Å². The molecule has 0 aliphatic rings. The standard InChI is InChI=1S/C19H20N2O2S/c1-12(2)10-15(18-8-5-9-24-18)21-19(23)16-11-17(22)13-6-3-4-7-14(13)20-16/h3-9,11-12,15H,10H2,1-2H3,(H,20,22)(H,21,23)/t15-/m0/s1. The van der Waals surface area contributed by atoms with Crippen molar-refractivity contribution in [1.82, 2.24) is 10.3 Å². The maximum Gasteiger partial charge on any atom is 0.268 e. The summed E-state index contributed by atoms with van der Waals surface area (Å²) in [5, 5.41) is 5.66. The molecule has 1 aromatic carbocycles. The van der Waals surface area contributed by atoms with E-state index in [0.29, 0.717) is 22.5 Å². The lowest BCUT2D eigenvalue weighted by atomic mass is 10.0. The van der Waals surface area contributed by atoms with Crippen LogP contribution in [0, 0.1) is 5.92 Å². The molecule has 1 amide bonds. The Kier molecular flexibility index (Phi) is 4.81. The first-order chi connectivity index (χ1) is 11.5. The van der Waals surface area contributed by atoms with Crippen LogP contribution in [-0.2, 0) is 0 Å². The lowest BCUT2D eigenvalue weighted by molar-refractivity contribution is 0.0928. The number of pyridine rings is 1. The number of aromatic nitrogens is 1. The second-order valence-corrected chi connectivity index (χ2v) is 7.24. The number of para-hydroxylation sites is 1. The zero-order valence-electron chi connectivity index (χ0n) is 13.7. The Morgan fingerprint density at radius 2 is 2.00 bits per heavy atom. The van der Waals surface area contributed by atoms with Crippen LogP contribution in [0.5, 0.6) is 0 Å². The highest BCUT2D eigenvalue weighted by atomic mass is 32.1. The van der Waals surface area contributed by atoms with Crippen molar-refractivity contribution in [2.45, 2.75) is 26.3 Å². The minimum Gasteiger partial charge on any atom is -0.350 e. The monoisotopic (exact) mass is 340 g/mol. The van der Waals surface area contributed by atoms with E-state index in [1.807, 2.05) is 29.6 Å². The maximum atomic E-state index is 12.7. The number of fused-ring (bicyclic) bond motifs is 1. The molecule has 1 atom stereocenters. The van der Waals surface area contributed by atoms with Crippen molar-refractivity contribution in [2.24, 2.45) is 5.92 Å². The van der Waals surface area contributed by atoms with Crippen molar-refractivity contribution in [1.29, 1.82) is 0 Å². The van der Waals surface area contributed by atoms with Crippen LogP contribution in [0.2, 0.25) is 0 Å². The van der Waals surface area contributed by atoms with Crippen molar-refractivity contribution in [3.8, 4) is 0 Å². The number of thiophene rings is 1. The molecular weight excluding hydrogens is 320 g/mol. The molecular formula is C19H20N2O2S. The zero-order chi connectivity index (χ0) is 17.1. The number of hydrogen-bond donors (Lipinski definition) is 2. The van der Waals surface area contributed by atoms with E-state index in [0.717, 1.165) is 11.3 Å². The molecule has 3 rings (SSSR count). The van der Waals surface area contributed by atoms with Crippen LogP contribution in [-0.4, -0.2) is 10.9 Å². The van der Waals surface area contributed by atoms with Crippen LogP contribution >= 0.6 is 11.3 Å². The van der Waals surface area contributed by atoms with Gasteiger partial charge in [0.25, 0.3) is 5.91 Å². The van der Waals surface area contributed by atoms with E-state index in [1.165, 1.54) is 6.07 Å². The van der Waals surface area contributed by atoms with Gasteiger partial charge in [0.1, 0.15) is 5.69 Å². The summed E-state index contributed by atoms with van der Waals surface area (Å²) >= 11 is 1.63. The molecule has 24 heavy (non-hydrogen) atoms. The molecule has 0 aliphatic carbocycles. The van der Waals surface area contributed by atoms with E-state index >= 15 is 0 Å². The van der Waals surface area contributed by atoms with E-state index in [2.05, 4.69) is 24.1 Å². The van der Waals surface area contributed by atoms with Crippen molar-refractivity contribution in [2.75, 3.05) is 0 Å². The van der Waals surface area contributed by atoms with Crippen molar-refractivity contribution in [3.05, 3.63) is 68.6 Å². The van der Waals surface area contributed by atoms with Gasteiger partial charge in [0.15, 0.2) is 5.43 Å². The molecule has 0 aliphatic heterocycles. The fourth-order valence-electron chi connectivity index (χ4n) is 2.76. The Balaban J connectivity index is 1.89. The average molecular weight is 340 g/mol. The Morgan fingerprint density at radius 3 is 2.71 bits per heavy atom. The van der Waals surface area contributed by atoms with Crippen molar-refractivity contribution >= 4 is 28.1 Å². The number of H-pyrrole nitrogens is 1. The highest BCUT2D eigenvalue weighted by Crippen LogP contribution is 2.25. The lowest BCUT2D eigenvalue weighted by Gasteiger charge is -2.19. The predicted octanol–water partition coefficient (Wildman–Crippen LogP) is 4.11. The summed E-state index contributed by atoms with van der Waals surface area (Å²) in [6, 6.07) is 12.5. The Morgan fingerprint density at radius 1 is 1.21 bits per heavy atom. The number of benzene rings is 1. The molecule has 0 unspecified atom stereocenters. The quantitative estimate of drug-likeness (QED) is 0.734. The van der Waals surface area contributed by atoms with E-state index in [-0.39, 0.29) is 17.4 Å². The molecule has 2 N–H and O–H groups in total. The maximum absolute atomic E-state index is 12.7. The van der Waals surface area contributed by atoms with Gasteiger partial charge in [-0.05, 0) is 35.9 Å². The summed E-state index contributed by atoms with van der Waals surface area (Å²) in [5.74, 6) is 0.199. The summed E-state index contributed by atoms with van der Waals surface area (Å²) < 4.78 is 0. The molecule has 2 heterocycles. The van der Waals surface area contributed by atoms with Gasteiger partial charge < -0.3 is 10.3 Å². The van der Waals surface area contributed by atoms with Gasteiger partial charge in [-0.1, -0.05) is 32.0 Å². The Bertz CT molecular complexity index is 897. The molecule has 0 fully saturated rings. The van der Waals surface area contributed by atoms with Gasteiger partial charge in [0.2, 0.25) is 0 Å². The van der Waals surface area contributed by atoms with Crippen molar-refractivity contribution in [3.63, 3.8) is 0 Å². The van der Waals surface area contributed by atoms with E-state index < -0.39 is 0 Å². The molecule has 0 radical (unpaired) electrons. The summed E-state index contributed by atoms with van der Waals surface area (Å²) in [5.41, 5.74) is 0.821. The highest BCUT2D eigenvalue weighted by Gasteiger charge is 2.19. The first-order valence-corrected chi connectivity index (χ1v) is 8.89. The fourth-order valence-corrected chi connectivity index (χ4v) is 3.55. The Hall–Kier alpha value is -2.40. The number of hydrogen-bond acceptors (Lipinski definition) is 3. The molecule has 0 bridgehead atoms. The number of aromatic amines is 1. The van der Waals surface area contributed by atoms with E-state index in [9.17, 15) is 9.59 Å². The molecule has 0 saturated heterocycles. The first kappa shape index (κ1) is 16.5. The van der Waals surface area contributed by atoms with Gasteiger partial charge >= 0.3 is 0 Å². The summed E-state index contributed by atoms with van der Waals surface area (Å²) in [6.45, 7) is 4.26. The Labute approximate surface area is 144 Å². The second-order valence-electron chi connectivity index (χ2n) is 6.26. The van der Waals surface area contributed by atoms with Crippen LogP contribution < -0.4 is 10.7 Å². The fraction of sp³-hybridized carbons (Fsp3) is 0.263. The first-order valence-electron chi connectivity index (χ1n) is 8.01.